The first-order valence-corrected chi connectivity index (χ1v) is 10.3. The fraction of sp³-hybridized carbons (Fsp3) is 0.316. The molecule has 3 aromatic rings. The van der Waals surface area contributed by atoms with Gasteiger partial charge in [-0.05, 0) is 6.07 Å². The first kappa shape index (κ1) is 19.5. The summed E-state index contributed by atoms with van der Waals surface area (Å²) in [5.41, 5.74) is -1.44. The summed E-state index contributed by atoms with van der Waals surface area (Å²) in [7, 11) is 3.69. The molecule has 12 heteroatoms. The monoisotopic (exact) mass is 443 g/mol. The Bertz CT molecular complexity index is 1300. The van der Waals surface area contributed by atoms with Crippen molar-refractivity contribution in [1.82, 2.24) is 24.0 Å². The largest absolute Gasteiger partial charge is 0.477 e. The van der Waals surface area contributed by atoms with Gasteiger partial charge in [-0.2, -0.15) is 0 Å². The molecule has 0 amide bonds. The number of carboxylic acid groups (broad SMARTS) is 1. The molecule has 5 rings (SSSR count). The third-order valence-electron chi connectivity index (χ3n) is 5.55. The van der Waals surface area contributed by atoms with E-state index in [-0.39, 0.29) is 22.8 Å². The van der Waals surface area contributed by atoms with Crippen LogP contribution in [0.4, 0.5) is 10.2 Å². The van der Waals surface area contributed by atoms with Crippen LogP contribution in [0.25, 0.3) is 11.0 Å². The van der Waals surface area contributed by atoms with E-state index in [0.717, 1.165) is 11.9 Å². The molecule has 10 nitrogen and oxygen atoms in total. The molecule has 0 aromatic carbocycles. The summed E-state index contributed by atoms with van der Waals surface area (Å²) in [5.74, 6) is -0.848. The highest BCUT2D eigenvalue weighted by Crippen LogP contribution is 2.35. The van der Waals surface area contributed by atoms with Crippen LogP contribution in [-0.2, 0) is 7.05 Å². The van der Waals surface area contributed by atoms with Gasteiger partial charge in [0.25, 0.3) is 0 Å². The number of carbonyl (C=O) groups is 1. The highest BCUT2D eigenvalue weighted by atomic mass is 32.2. The fourth-order valence-corrected chi connectivity index (χ4v) is 4.68. The van der Waals surface area contributed by atoms with Crippen molar-refractivity contribution in [3.8, 4) is 0 Å². The number of pyridine rings is 2. The average molecular weight is 443 g/mol. The highest BCUT2D eigenvalue weighted by Gasteiger charge is 2.34. The van der Waals surface area contributed by atoms with E-state index in [4.69, 9.17) is 0 Å². The molecule has 0 saturated carbocycles. The molecule has 31 heavy (non-hydrogen) atoms. The number of aryl methyl sites for hydroxylation is 1. The molecule has 1 saturated heterocycles. The van der Waals surface area contributed by atoms with E-state index in [1.54, 1.807) is 33.9 Å². The number of hydrogen-bond donors (Lipinski definition) is 1. The van der Waals surface area contributed by atoms with Crippen LogP contribution in [0.3, 0.4) is 0 Å². The van der Waals surface area contributed by atoms with Gasteiger partial charge < -0.3 is 19.5 Å². The Kier molecular flexibility index (Phi) is 4.46. The van der Waals surface area contributed by atoms with Gasteiger partial charge in [0.1, 0.15) is 23.4 Å². The van der Waals surface area contributed by atoms with Crippen molar-refractivity contribution in [2.24, 2.45) is 11.4 Å². The van der Waals surface area contributed by atoms with Crippen LogP contribution in [0.5, 0.6) is 0 Å². The maximum Gasteiger partial charge on any atom is 0.341 e. The second-order valence-corrected chi connectivity index (χ2v) is 8.41. The smallest absolute Gasteiger partial charge is 0.341 e. The van der Waals surface area contributed by atoms with E-state index in [2.05, 4.69) is 14.4 Å². The fourth-order valence-electron chi connectivity index (χ4n) is 3.90. The predicted molar refractivity (Wildman–Crippen MR) is 114 cm³/mol. The minimum Gasteiger partial charge on any atom is -0.477 e. The van der Waals surface area contributed by atoms with Crippen LogP contribution in [-0.4, -0.2) is 61.6 Å². The summed E-state index contributed by atoms with van der Waals surface area (Å²) in [6.07, 6.45) is 6.43. The minimum absolute atomic E-state index is 0.0803. The summed E-state index contributed by atoms with van der Waals surface area (Å²) in [6.45, 7) is 1.08. The normalized spacial score (nSPS) is 18.7. The van der Waals surface area contributed by atoms with Crippen molar-refractivity contribution in [3.63, 3.8) is 0 Å². The lowest BCUT2D eigenvalue weighted by Crippen LogP contribution is -2.47. The van der Waals surface area contributed by atoms with Gasteiger partial charge in [0.2, 0.25) is 5.43 Å². The molecule has 0 spiro atoms. The van der Waals surface area contributed by atoms with Gasteiger partial charge in [-0.3, -0.25) is 9.36 Å². The van der Waals surface area contributed by atoms with Crippen molar-refractivity contribution in [3.05, 3.63) is 52.1 Å². The van der Waals surface area contributed by atoms with Gasteiger partial charge in [0.05, 0.1) is 11.3 Å². The molecule has 1 unspecified atom stereocenters. The highest BCUT2D eigenvalue weighted by molar-refractivity contribution is 7.98. The number of fused-ring (bicyclic) bond motifs is 1. The van der Waals surface area contributed by atoms with Crippen LogP contribution >= 0.6 is 11.9 Å². The van der Waals surface area contributed by atoms with E-state index in [1.807, 2.05) is 17.8 Å². The number of nitrogens with zero attached hydrogens (tertiary/aromatic N) is 7. The Balaban J connectivity index is 1.60. The van der Waals surface area contributed by atoms with Crippen molar-refractivity contribution in [2.75, 3.05) is 25.0 Å². The number of rotatable bonds is 4. The second kappa shape index (κ2) is 7.08. The first-order valence-electron chi connectivity index (χ1n) is 9.47. The van der Waals surface area contributed by atoms with Crippen LogP contribution in [0, 0.1) is 5.82 Å². The zero-order chi connectivity index (χ0) is 21.9. The standard InChI is InChI=1S/C19H18FN7O3S/c1-24-4-3-21-15(24)10-6-26(7-10)17-13(20)5-11-14(28)12(18(29)30)8-27(16(11)23-17)19-25(2)9-22-31-19/h3-5,8-10,19H,6-7H2,1-2H3,(H,29,30). The summed E-state index contributed by atoms with van der Waals surface area (Å²) in [6, 6.07) is 1.08. The molecule has 5 heterocycles. The number of halogens is 1. The lowest BCUT2D eigenvalue weighted by Gasteiger charge is -2.39. The van der Waals surface area contributed by atoms with Gasteiger partial charge in [-0.25, -0.2) is 23.6 Å². The molecule has 1 atom stereocenters. The number of aromatic carboxylic acids is 1. The third kappa shape index (κ3) is 3.05. The Hall–Kier alpha value is -3.41. The minimum atomic E-state index is -1.38. The van der Waals surface area contributed by atoms with Crippen LogP contribution in [0.1, 0.15) is 27.6 Å². The van der Waals surface area contributed by atoms with E-state index >= 15 is 0 Å². The molecule has 3 aromatic heterocycles. The Morgan fingerprint density at radius 1 is 1.32 bits per heavy atom. The maximum absolute atomic E-state index is 15.0. The molecule has 0 aliphatic carbocycles. The first-order chi connectivity index (χ1) is 14.8. The van der Waals surface area contributed by atoms with Crippen LogP contribution < -0.4 is 10.3 Å². The molecule has 1 fully saturated rings. The number of aromatic nitrogens is 4. The summed E-state index contributed by atoms with van der Waals surface area (Å²) >= 11 is 1.19. The topological polar surface area (TPSA) is 109 Å². The van der Waals surface area contributed by atoms with Gasteiger partial charge in [-0.15, -0.1) is 0 Å². The average Bonchev–Trinajstić information content (AvgIpc) is 3.30. The lowest BCUT2D eigenvalue weighted by atomic mass is 9.99. The van der Waals surface area contributed by atoms with Crippen molar-refractivity contribution in [1.29, 1.82) is 0 Å². The predicted octanol–water partition coefficient (Wildman–Crippen LogP) is 1.65. The number of imidazole rings is 1. The van der Waals surface area contributed by atoms with Crippen molar-refractivity contribution < 1.29 is 14.3 Å². The molecule has 0 bridgehead atoms. The molecular weight excluding hydrogens is 425 g/mol. The maximum atomic E-state index is 15.0. The Morgan fingerprint density at radius 2 is 2.10 bits per heavy atom. The van der Waals surface area contributed by atoms with Gasteiger partial charge in [0.15, 0.2) is 17.1 Å². The van der Waals surface area contributed by atoms with E-state index in [1.165, 1.54) is 18.1 Å². The van der Waals surface area contributed by atoms with E-state index < -0.39 is 28.3 Å². The van der Waals surface area contributed by atoms with Gasteiger partial charge in [0, 0.05) is 57.7 Å². The Labute approximate surface area is 179 Å². The van der Waals surface area contributed by atoms with Crippen molar-refractivity contribution in [2.45, 2.75) is 11.4 Å². The van der Waals surface area contributed by atoms with Crippen LogP contribution in [0.2, 0.25) is 0 Å². The Morgan fingerprint density at radius 3 is 2.71 bits per heavy atom. The van der Waals surface area contributed by atoms with Gasteiger partial charge in [-0.1, -0.05) is 0 Å². The van der Waals surface area contributed by atoms with E-state index in [0.29, 0.717) is 13.1 Å². The van der Waals surface area contributed by atoms with Crippen LogP contribution in [0.15, 0.2) is 33.8 Å². The van der Waals surface area contributed by atoms with Gasteiger partial charge >= 0.3 is 5.97 Å². The molecule has 2 aliphatic heterocycles. The number of hydrogen-bond acceptors (Lipinski definition) is 8. The summed E-state index contributed by atoms with van der Waals surface area (Å²) in [5, 5.41) is 9.38. The molecule has 160 valence electrons. The molecule has 2 aliphatic rings. The summed E-state index contributed by atoms with van der Waals surface area (Å²) < 4.78 is 22.6. The molecular formula is C19H18FN7O3S. The second-order valence-electron chi connectivity index (χ2n) is 7.57. The van der Waals surface area contributed by atoms with E-state index in [9.17, 15) is 19.1 Å². The van der Waals surface area contributed by atoms with Crippen molar-refractivity contribution >= 4 is 41.1 Å². The lowest BCUT2D eigenvalue weighted by molar-refractivity contribution is 0.0694. The number of carboxylic acids is 1. The number of anilines is 1. The quantitative estimate of drug-likeness (QED) is 0.607. The summed E-state index contributed by atoms with van der Waals surface area (Å²) in [4.78, 5) is 36.7. The third-order valence-corrected chi connectivity index (χ3v) is 6.51. The SMILES string of the molecule is CN1C=NSC1n1cc(C(=O)O)c(=O)c2cc(F)c(N3CC(c4nccn4C)C3)nc21. The zero-order valence-electron chi connectivity index (χ0n) is 16.6. The molecule has 0 radical (unpaired) electrons. The molecule has 1 N–H and O–H groups in total. The zero-order valence-corrected chi connectivity index (χ0v) is 17.5.